The van der Waals surface area contributed by atoms with Crippen LogP contribution in [-0.4, -0.2) is 66.4 Å². The van der Waals surface area contributed by atoms with Gasteiger partial charge in [0.25, 0.3) is 5.91 Å². The summed E-state index contributed by atoms with van der Waals surface area (Å²) in [7, 11) is 1.94. The number of amides is 4. The number of carbonyl (C=O) groups is 3. The van der Waals surface area contributed by atoms with Gasteiger partial charge in [-0.2, -0.15) is 0 Å². The molecule has 29 heavy (non-hydrogen) atoms. The molecule has 1 saturated carbocycles. The van der Waals surface area contributed by atoms with Crippen molar-refractivity contribution < 1.29 is 14.4 Å². The molecule has 2 heterocycles. The van der Waals surface area contributed by atoms with E-state index < -0.39 is 11.6 Å². The fourth-order valence-corrected chi connectivity index (χ4v) is 5.05. The normalized spacial score (nSPS) is 28.5. The van der Waals surface area contributed by atoms with E-state index in [1.54, 1.807) is 4.90 Å². The summed E-state index contributed by atoms with van der Waals surface area (Å²) in [4.78, 5) is 41.2. The van der Waals surface area contributed by atoms with E-state index in [4.69, 9.17) is 0 Å². The third-order valence-electron chi connectivity index (χ3n) is 7.06. The second kappa shape index (κ2) is 9.21. The van der Waals surface area contributed by atoms with E-state index in [0.29, 0.717) is 37.8 Å². The molecular formula is C21H37ClN4O3. The molecule has 0 bridgehead atoms. The number of halogens is 1. The average molecular weight is 429 g/mol. The number of imide groups is 1. The van der Waals surface area contributed by atoms with Gasteiger partial charge >= 0.3 is 6.03 Å². The largest absolute Gasteiger partial charge is 0.341 e. The van der Waals surface area contributed by atoms with E-state index in [0.717, 1.165) is 37.1 Å². The van der Waals surface area contributed by atoms with Crippen LogP contribution in [0.15, 0.2) is 0 Å². The summed E-state index contributed by atoms with van der Waals surface area (Å²) < 4.78 is 0. The first kappa shape index (κ1) is 23.9. The molecule has 2 N–H and O–H groups in total. The molecule has 0 aromatic rings. The number of rotatable bonds is 4. The van der Waals surface area contributed by atoms with Crippen molar-refractivity contribution in [1.29, 1.82) is 0 Å². The van der Waals surface area contributed by atoms with Crippen LogP contribution in [0.2, 0.25) is 0 Å². The maximum Gasteiger partial charge on any atom is 0.325 e. The third kappa shape index (κ3) is 5.05. The zero-order valence-electron chi connectivity index (χ0n) is 18.3. The van der Waals surface area contributed by atoms with E-state index >= 15 is 0 Å². The van der Waals surface area contributed by atoms with Crippen LogP contribution in [0.3, 0.4) is 0 Å². The Morgan fingerprint density at radius 3 is 2.24 bits per heavy atom. The summed E-state index contributed by atoms with van der Waals surface area (Å²) in [5.74, 6) is 0.819. The minimum Gasteiger partial charge on any atom is -0.341 e. The number of hydrogen-bond acceptors (Lipinski definition) is 4. The van der Waals surface area contributed by atoms with Crippen molar-refractivity contribution >= 4 is 30.3 Å². The fraction of sp³-hybridized carbons (Fsp3) is 0.857. The number of piperidine rings is 1. The second-order valence-electron chi connectivity index (χ2n) is 9.93. The molecule has 7 nitrogen and oxygen atoms in total. The van der Waals surface area contributed by atoms with Gasteiger partial charge in [0, 0.05) is 13.1 Å². The van der Waals surface area contributed by atoms with Crippen LogP contribution >= 0.6 is 12.4 Å². The van der Waals surface area contributed by atoms with Gasteiger partial charge < -0.3 is 15.5 Å². The standard InChI is InChI=1S/C21H36N4O3.ClH/c1-20(2,3)16-5-9-21(10-6-16)18(27)25(19(28)23-21)14-17(26)24-11-7-15(8-12-24)13-22-4;/h15-16,22H,5-14H2,1-4H3,(H,23,28);1H. The lowest BCUT2D eigenvalue weighted by Gasteiger charge is -2.40. The fourth-order valence-electron chi connectivity index (χ4n) is 5.05. The van der Waals surface area contributed by atoms with Crippen molar-refractivity contribution in [2.45, 2.75) is 64.8 Å². The molecule has 1 aliphatic carbocycles. The minimum absolute atomic E-state index is 0. The van der Waals surface area contributed by atoms with E-state index in [1.165, 1.54) is 0 Å². The monoisotopic (exact) mass is 428 g/mol. The summed E-state index contributed by atoms with van der Waals surface area (Å²) in [6.45, 7) is 8.93. The third-order valence-corrected chi connectivity index (χ3v) is 7.06. The molecular weight excluding hydrogens is 392 g/mol. The highest BCUT2D eigenvalue weighted by Crippen LogP contribution is 2.43. The highest BCUT2D eigenvalue weighted by atomic mass is 35.5. The summed E-state index contributed by atoms with van der Waals surface area (Å²) in [6.07, 6.45) is 5.11. The molecule has 2 saturated heterocycles. The number of likely N-dealkylation sites (tertiary alicyclic amines) is 1. The predicted octanol–water partition coefficient (Wildman–Crippen LogP) is 2.39. The molecule has 4 amide bonds. The first-order chi connectivity index (χ1) is 13.2. The molecule has 0 radical (unpaired) electrons. The van der Waals surface area contributed by atoms with Crippen LogP contribution in [0.4, 0.5) is 4.79 Å². The topological polar surface area (TPSA) is 81.8 Å². The van der Waals surface area contributed by atoms with Gasteiger partial charge in [-0.05, 0) is 69.4 Å². The van der Waals surface area contributed by atoms with Gasteiger partial charge in [-0.1, -0.05) is 20.8 Å². The van der Waals surface area contributed by atoms with E-state index in [-0.39, 0.29) is 36.2 Å². The number of nitrogens with zero attached hydrogens (tertiary/aromatic N) is 2. The van der Waals surface area contributed by atoms with Gasteiger partial charge in [-0.3, -0.25) is 14.5 Å². The van der Waals surface area contributed by atoms with Gasteiger partial charge in [0.05, 0.1) is 0 Å². The molecule has 0 unspecified atom stereocenters. The molecule has 3 fully saturated rings. The Morgan fingerprint density at radius 2 is 1.72 bits per heavy atom. The molecule has 166 valence electrons. The average Bonchev–Trinajstić information content (AvgIpc) is 2.86. The van der Waals surface area contributed by atoms with Crippen LogP contribution < -0.4 is 10.6 Å². The Labute approximate surface area is 180 Å². The van der Waals surface area contributed by atoms with Crippen LogP contribution in [0.1, 0.15) is 59.3 Å². The second-order valence-corrected chi connectivity index (χ2v) is 9.93. The molecule has 2 aliphatic heterocycles. The van der Waals surface area contributed by atoms with Crippen molar-refractivity contribution in [3.8, 4) is 0 Å². The van der Waals surface area contributed by atoms with Gasteiger partial charge in [0.15, 0.2) is 0 Å². The van der Waals surface area contributed by atoms with Gasteiger partial charge in [0.2, 0.25) is 5.91 Å². The molecule has 0 aromatic carbocycles. The van der Waals surface area contributed by atoms with Gasteiger partial charge in [-0.25, -0.2) is 4.79 Å². The van der Waals surface area contributed by atoms with Crippen molar-refractivity contribution in [3.05, 3.63) is 0 Å². The predicted molar refractivity (Wildman–Crippen MR) is 115 cm³/mol. The molecule has 8 heteroatoms. The highest BCUT2D eigenvalue weighted by molar-refractivity contribution is 6.09. The van der Waals surface area contributed by atoms with Gasteiger partial charge in [0.1, 0.15) is 12.1 Å². The van der Waals surface area contributed by atoms with Crippen LogP contribution in [0, 0.1) is 17.3 Å². The Hall–Kier alpha value is -1.34. The SMILES string of the molecule is CNCC1CCN(C(=O)CN2C(=O)NC3(CCC(C(C)(C)C)CC3)C2=O)CC1.Cl. The summed E-state index contributed by atoms with van der Waals surface area (Å²) in [6, 6.07) is -0.405. The van der Waals surface area contributed by atoms with Crippen LogP contribution in [0.25, 0.3) is 0 Å². The number of carbonyl (C=O) groups excluding carboxylic acids is 3. The van der Waals surface area contributed by atoms with Crippen molar-refractivity contribution in [1.82, 2.24) is 20.4 Å². The molecule has 0 aromatic heterocycles. The molecule has 3 rings (SSSR count). The van der Waals surface area contributed by atoms with Crippen LogP contribution in [-0.2, 0) is 9.59 Å². The Kier molecular flexibility index (Phi) is 7.60. The smallest absolute Gasteiger partial charge is 0.325 e. The highest BCUT2D eigenvalue weighted by Gasteiger charge is 2.53. The first-order valence-corrected chi connectivity index (χ1v) is 10.7. The quantitative estimate of drug-likeness (QED) is 0.673. The summed E-state index contributed by atoms with van der Waals surface area (Å²) in [5.41, 5.74) is -0.582. The van der Waals surface area contributed by atoms with E-state index in [1.807, 2.05) is 7.05 Å². The number of nitrogens with one attached hydrogen (secondary N) is 2. The van der Waals surface area contributed by atoms with E-state index in [9.17, 15) is 14.4 Å². The summed E-state index contributed by atoms with van der Waals surface area (Å²) >= 11 is 0. The maximum absolute atomic E-state index is 13.1. The molecule has 1 spiro atoms. The summed E-state index contributed by atoms with van der Waals surface area (Å²) in [5, 5.41) is 6.12. The Balaban J connectivity index is 0.00000300. The lowest BCUT2D eigenvalue weighted by Crippen LogP contribution is -2.51. The Morgan fingerprint density at radius 1 is 1.14 bits per heavy atom. The van der Waals surface area contributed by atoms with Crippen molar-refractivity contribution in [2.75, 3.05) is 33.2 Å². The van der Waals surface area contributed by atoms with E-state index in [2.05, 4.69) is 31.4 Å². The minimum atomic E-state index is -0.793. The number of hydrogen-bond donors (Lipinski definition) is 2. The molecule has 3 aliphatic rings. The number of urea groups is 1. The lowest BCUT2D eigenvalue weighted by atomic mass is 9.67. The Bertz CT molecular complexity index is 618. The maximum atomic E-state index is 13.1. The van der Waals surface area contributed by atoms with Crippen molar-refractivity contribution in [3.63, 3.8) is 0 Å². The van der Waals surface area contributed by atoms with Crippen molar-refractivity contribution in [2.24, 2.45) is 17.3 Å². The zero-order valence-corrected chi connectivity index (χ0v) is 19.1. The first-order valence-electron chi connectivity index (χ1n) is 10.7. The lowest BCUT2D eigenvalue weighted by molar-refractivity contribution is -0.140. The van der Waals surface area contributed by atoms with Crippen LogP contribution in [0.5, 0.6) is 0 Å². The molecule has 0 atom stereocenters. The zero-order chi connectivity index (χ0) is 20.5. The van der Waals surface area contributed by atoms with Gasteiger partial charge in [-0.15, -0.1) is 12.4 Å².